The molecule has 0 bridgehead atoms. The van der Waals surface area contributed by atoms with E-state index in [4.69, 9.17) is 4.42 Å². The van der Waals surface area contributed by atoms with Crippen LogP contribution < -0.4 is 5.32 Å². The van der Waals surface area contributed by atoms with Crippen LogP contribution >= 0.6 is 0 Å². The third-order valence-corrected chi connectivity index (χ3v) is 6.92. The first kappa shape index (κ1) is 19.0. The van der Waals surface area contributed by atoms with Gasteiger partial charge in [0.1, 0.15) is 5.52 Å². The Morgan fingerprint density at radius 1 is 1.19 bits per heavy atom. The molecule has 162 valence electrons. The largest absolute Gasteiger partial charge is 0.424 e. The first-order valence-corrected chi connectivity index (χ1v) is 11.0. The summed E-state index contributed by atoms with van der Waals surface area (Å²) in [6.45, 7) is 5.64. The zero-order valence-corrected chi connectivity index (χ0v) is 18.0. The third kappa shape index (κ3) is 3.05. The number of benzene rings is 2. The van der Waals surface area contributed by atoms with Crippen molar-refractivity contribution in [2.45, 2.75) is 19.9 Å². The molecule has 4 unspecified atom stereocenters. The van der Waals surface area contributed by atoms with Gasteiger partial charge in [-0.1, -0.05) is 30.7 Å². The summed E-state index contributed by atoms with van der Waals surface area (Å²) >= 11 is 0. The van der Waals surface area contributed by atoms with E-state index in [0.29, 0.717) is 41.6 Å². The topological polar surface area (TPSA) is 89.1 Å². The van der Waals surface area contributed by atoms with E-state index in [9.17, 15) is 4.79 Å². The Morgan fingerprint density at radius 2 is 2.00 bits per heavy atom. The standard InChI is InChI=1S/C24H24N6O2/c1-14-7-8-19(30-26-9-10-27-30)16(11-14)23(31)29-13-17-15(2)22(17)20(29)12-25-24-28-18-5-3-4-6-21(18)32-24/h3-11,15,17,20,22H,12-13H2,1-2H3,(H,25,28). The van der Waals surface area contributed by atoms with Gasteiger partial charge in [0.15, 0.2) is 5.58 Å². The number of anilines is 1. The van der Waals surface area contributed by atoms with E-state index in [-0.39, 0.29) is 11.9 Å². The number of amides is 1. The lowest BCUT2D eigenvalue weighted by molar-refractivity contribution is 0.0704. The predicted octanol–water partition coefficient (Wildman–Crippen LogP) is 3.54. The van der Waals surface area contributed by atoms with E-state index in [2.05, 4.69) is 27.4 Å². The van der Waals surface area contributed by atoms with Gasteiger partial charge in [-0.15, -0.1) is 0 Å². The van der Waals surface area contributed by atoms with Crippen molar-refractivity contribution in [3.05, 3.63) is 66.0 Å². The highest BCUT2D eigenvalue weighted by atomic mass is 16.4. The average Bonchev–Trinajstić information content (AvgIpc) is 3.30. The van der Waals surface area contributed by atoms with Crippen molar-refractivity contribution in [2.75, 3.05) is 18.4 Å². The number of carbonyl (C=O) groups is 1. The summed E-state index contributed by atoms with van der Waals surface area (Å²) in [6, 6.07) is 14.1. The molecule has 1 saturated carbocycles. The van der Waals surface area contributed by atoms with Crippen LogP contribution in [0.3, 0.4) is 0 Å². The second-order valence-corrected chi connectivity index (χ2v) is 8.83. The molecule has 2 aromatic carbocycles. The van der Waals surface area contributed by atoms with Crippen LogP contribution in [0, 0.1) is 24.7 Å². The monoisotopic (exact) mass is 428 g/mol. The van der Waals surface area contributed by atoms with Crippen LogP contribution in [0.1, 0.15) is 22.8 Å². The number of aryl methyl sites for hydroxylation is 1. The average molecular weight is 428 g/mol. The van der Waals surface area contributed by atoms with Crippen molar-refractivity contribution in [3.8, 4) is 5.69 Å². The normalized spacial score (nSPS) is 24.0. The molecule has 1 aliphatic heterocycles. The van der Waals surface area contributed by atoms with Crippen LogP contribution in [0.25, 0.3) is 16.8 Å². The van der Waals surface area contributed by atoms with Gasteiger partial charge in [-0.2, -0.15) is 20.0 Å². The lowest BCUT2D eigenvalue weighted by Gasteiger charge is -2.29. The molecule has 8 nitrogen and oxygen atoms in total. The molecule has 0 spiro atoms. The summed E-state index contributed by atoms with van der Waals surface area (Å²) in [5, 5.41) is 11.8. The van der Waals surface area contributed by atoms with Gasteiger partial charge in [0.05, 0.1) is 29.7 Å². The number of fused-ring (bicyclic) bond motifs is 2. The highest BCUT2D eigenvalue weighted by Gasteiger charge is 2.59. The number of piperidine rings is 1. The number of nitrogens with one attached hydrogen (secondary N) is 1. The van der Waals surface area contributed by atoms with Crippen molar-refractivity contribution in [3.63, 3.8) is 0 Å². The van der Waals surface area contributed by atoms with Gasteiger partial charge >= 0.3 is 0 Å². The van der Waals surface area contributed by atoms with Gasteiger partial charge in [-0.25, -0.2) is 0 Å². The summed E-state index contributed by atoms with van der Waals surface area (Å²) < 4.78 is 5.82. The van der Waals surface area contributed by atoms with Gasteiger partial charge in [-0.05, 0) is 48.9 Å². The number of rotatable bonds is 5. The zero-order valence-electron chi connectivity index (χ0n) is 18.0. The Hall–Kier alpha value is -3.68. The molecule has 8 heteroatoms. The fraction of sp³-hybridized carbons (Fsp3) is 0.333. The fourth-order valence-electron chi connectivity index (χ4n) is 5.18. The molecule has 4 atom stereocenters. The molecule has 2 fully saturated rings. The molecule has 1 N–H and O–H groups in total. The molecule has 1 amide bonds. The molecule has 32 heavy (non-hydrogen) atoms. The molecule has 2 aliphatic rings. The van der Waals surface area contributed by atoms with E-state index < -0.39 is 0 Å². The number of likely N-dealkylation sites (tertiary alicyclic amines) is 1. The maximum atomic E-state index is 13.7. The second kappa shape index (κ2) is 7.19. The molecule has 4 aromatic rings. The van der Waals surface area contributed by atoms with Crippen LogP contribution in [-0.4, -0.2) is 49.9 Å². The first-order chi connectivity index (χ1) is 15.6. The van der Waals surface area contributed by atoms with Gasteiger partial charge in [0.2, 0.25) is 0 Å². The Balaban J connectivity index is 1.27. The molecule has 1 saturated heterocycles. The Morgan fingerprint density at radius 3 is 2.81 bits per heavy atom. The quantitative estimate of drug-likeness (QED) is 0.523. The van der Waals surface area contributed by atoms with E-state index >= 15 is 0 Å². The summed E-state index contributed by atoms with van der Waals surface area (Å²) in [7, 11) is 0. The van der Waals surface area contributed by atoms with E-state index in [1.54, 1.807) is 12.4 Å². The highest BCUT2D eigenvalue weighted by Crippen LogP contribution is 2.55. The van der Waals surface area contributed by atoms with Gasteiger partial charge in [-0.3, -0.25) is 4.79 Å². The number of aromatic nitrogens is 4. The summed E-state index contributed by atoms with van der Waals surface area (Å²) in [4.78, 5) is 21.8. The van der Waals surface area contributed by atoms with Gasteiger partial charge < -0.3 is 14.6 Å². The van der Waals surface area contributed by atoms with Crippen molar-refractivity contribution in [2.24, 2.45) is 17.8 Å². The highest BCUT2D eigenvalue weighted by molar-refractivity contribution is 5.98. The van der Waals surface area contributed by atoms with Crippen LogP contribution in [-0.2, 0) is 0 Å². The smallest absolute Gasteiger partial charge is 0.295 e. The van der Waals surface area contributed by atoms with Gasteiger partial charge in [0, 0.05) is 13.1 Å². The Kier molecular flexibility index (Phi) is 4.28. The summed E-state index contributed by atoms with van der Waals surface area (Å²) in [6.07, 6.45) is 3.24. The number of nitrogens with zero attached hydrogens (tertiary/aromatic N) is 5. The first-order valence-electron chi connectivity index (χ1n) is 11.0. The lowest BCUT2D eigenvalue weighted by atomic mass is 10.1. The Bertz CT molecular complexity index is 1260. The summed E-state index contributed by atoms with van der Waals surface area (Å²) in [5.41, 5.74) is 3.93. The van der Waals surface area contributed by atoms with E-state index in [1.807, 2.05) is 54.3 Å². The molecular formula is C24H24N6O2. The SMILES string of the molecule is Cc1ccc(-n2nccn2)c(C(=O)N2CC3C(C)C3C2CNc2nc3ccccc3o2)c1. The van der Waals surface area contributed by atoms with E-state index in [0.717, 1.165) is 23.2 Å². The van der Waals surface area contributed by atoms with Crippen molar-refractivity contribution < 1.29 is 9.21 Å². The van der Waals surface area contributed by atoms with Crippen LogP contribution in [0.4, 0.5) is 6.01 Å². The van der Waals surface area contributed by atoms with Crippen molar-refractivity contribution >= 4 is 23.0 Å². The minimum absolute atomic E-state index is 0.0183. The third-order valence-electron chi connectivity index (χ3n) is 6.92. The second-order valence-electron chi connectivity index (χ2n) is 8.83. The van der Waals surface area contributed by atoms with Gasteiger partial charge in [0.25, 0.3) is 11.9 Å². The lowest BCUT2D eigenvalue weighted by Crippen LogP contribution is -2.43. The number of hydrogen-bond acceptors (Lipinski definition) is 6. The summed E-state index contributed by atoms with van der Waals surface area (Å²) in [5.74, 6) is 1.68. The molecule has 3 heterocycles. The molecule has 6 rings (SSSR count). The predicted molar refractivity (Wildman–Crippen MR) is 120 cm³/mol. The van der Waals surface area contributed by atoms with Crippen molar-refractivity contribution in [1.29, 1.82) is 0 Å². The maximum absolute atomic E-state index is 13.7. The minimum Gasteiger partial charge on any atom is -0.424 e. The number of oxazole rings is 1. The van der Waals surface area contributed by atoms with Crippen LogP contribution in [0.15, 0.2) is 59.3 Å². The van der Waals surface area contributed by atoms with Crippen LogP contribution in [0.5, 0.6) is 0 Å². The number of para-hydroxylation sites is 2. The maximum Gasteiger partial charge on any atom is 0.295 e. The molecule has 0 radical (unpaired) electrons. The number of carbonyl (C=O) groups excluding carboxylic acids is 1. The molecule has 2 aromatic heterocycles. The van der Waals surface area contributed by atoms with Crippen LogP contribution in [0.2, 0.25) is 0 Å². The molecule has 1 aliphatic carbocycles. The fourth-order valence-corrected chi connectivity index (χ4v) is 5.18. The number of hydrogen-bond donors (Lipinski definition) is 1. The van der Waals surface area contributed by atoms with Crippen molar-refractivity contribution in [1.82, 2.24) is 24.9 Å². The molecular weight excluding hydrogens is 404 g/mol. The minimum atomic E-state index is 0.0183. The Labute approximate surface area is 185 Å². The van der Waals surface area contributed by atoms with E-state index in [1.165, 1.54) is 4.80 Å². The zero-order chi connectivity index (χ0) is 21.8.